The summed E-state index contributed by atoms with van der Waals surface area (Å²) in [5.74, 6) is -0.272. The molecule has 0 aliphatic heterocycles. The first kappa shape index (κ1) is 16.6. The van der Waals surface area contributed by atoms with Crippen molar-refractivity contribution in [3.63, 3.8) is 0 Å². The van der Waals surface area contributed by atoms with Gasteiger partial charge in [-0.05, 0) is 37.6 Å². The van der Waals surface area contributed by atoms with E-state index in [1.165, 1.54) is 12.1 Å². The minimum Gasteiger partial charge on any atom is -0.372 e. The second-order valence-corrected chi connectivity index (χ2v) is 5.87. The van der Waals surface area contributed by atoms with Crippen LogP contribution in [0, 0.1) is 0 Å². The number of anilines is 1. The molecule has 1 amide bonds. The van der Waals surface area contributed by atoms with E-state index >= 15 is 0 Å². The van der Waals surface area contributed by atoms with Crippen LogP contribution in [0.25, 0.3) is 0 Å². The number of rotatable bonds is 8. The van der Waals surface area contributed by atoms with Crippen molar-refractivity contribution in [1.82, 2.24) is 4.72 Å². The quantitative estimate of drug-likeness (QED) is 0.759. The highest BCUT2D eigenvalue weighted by molar-refractivity contribution is 7.89. The minimum absolute atomic E-state index is 0.0192. The highest BCUT2D eigenvalue weighted by Crippen LogP contribution is 2.13. The van der Waals surface area contributed by atoms with E-state index in [9.17, 15) is 13.2 Å². The molecule has 1 rings (SSSR count). The van der Waals surface area contributed by atoms with E-state index in [1.54, 1.807) is 19.1 Å². The highest BCUT2D eigenvalue weighted by atomic mass is 32.2. The molecule has 0 saturated heterocycles. The molecule has 0 spiro atoms. The van der Waals surface area contributed by atoms with Gasteiger partial charge in [0.15, 0.2) is 0 Å². The molecule has 0 fully saturated rings. The number of ether oxygens (including phenoxy) is 1. The van der Waals surface area contributed by atoms with Crippen molar-refractivity contribution in [3.05, 3.63) is 24.3 Å². The van der Waals surface area contributed by atoms with Crippen LogP contribution >= 0.6 is 0 Å². The summed E-state index contributed by atoms with van der Waals surface area (Å²) in [5.41, 5.74) is 0.532. The first-order valence-corrected chi connectivity index (χ1v) is 7.95. The molecule has 0 atom stereocenters. The molecule has 0 aliphatic rings. The van der Waals surface area contributed by atoms with E-state index < -0.39 is 10.0 Å². The molecule has 1 aromatic carbocycles. The molecule has 0 aliphatic carbocycles. The van der Waals surface area contributed by atoms with Gasteiger partial charge in [-0.15, -0.1) is 0 Å². The first-order chi connectivity index (χ1) is 9.49. The summed E-state index contributed by atoms with van der Waals surface area (Å²) in [7, 11) is -3.47. The van der Waals surface area contributed by atoms with Crippen LogP contribution in [0.1, 0.15) is 20.3 Å². The summed E-state index contributed by atoms with van der Waals surface area (Å²) in [5, 5.41) is 2.62. The van der Waals surface area contributed by atoms with Crippen molar-refractivity contribution in [1.29, 1.82) is 0 Å². The fourth-order valence-electron chi connectivity index (χ4n) is 1.43. The van der Waals surface area contributed by atoms with Gasteiger partial charge in [-0.25, -0.2) is 13.1 Å². The highest BCUT2D eigenvalue weighted by Gasteiger charge is 2.12. The Labute approximate surface area is 119 Å². The number of hydrogen-bond donors (Lipinski definition) is 2. The van der Waals surface area contributed by atoms with Crippen molar-refractivity contribution in [2.75, 3.05) is 25.1 Å². The number of amides is 1. The van der Waals surface area contributed by atoms with E-state index in [0.717, 1.165) is 6.42 Å². The summed E-state index contributed by atoms with van der Waals surface area (Å²) in [6.07, 6.45) is 0.727. The standard InChI is InChI=1S/C13H20N2O4S/c1-3-9-14-20(17,18)12-7-5-11(6-8-12)15-13(16)10-19-4-2/h5-8,14H,3-4,9-10H2,1-2H3,(H,15,16). The lowest BCUT2D eigenvalue weighted by atomic mass is 10.3. The normalized spacial score (nSPS) is 11.3. The molecule has 0 unspecified atom stereocenters. The maximum atomic E-state index is 11.8. The van der Waals surface area contributed by atoms with Crippen LogP contribution < -0.4 is 10.0 Å². The van der Waals surface area contributed by atoms with Crippen molar-refractivity contribution in [2.45, 2.75) is 25.2 Å². The van der Waals surface area contributed by atoms with Gasteiger partial charge < -0.3 is 10.1 Å². The van der Waals surface area contributed by atoms with Crippen LogP contribution in [0.3, 0.4) is 0 Å². The van der Waals surface area contributed by atoms with Crippen LogP contribution in [0.5, 0.6) is 0 Å². The Morgan fingerprint density at radius 2 is 1.85 bits per heavy atom. The fraction of sp³-hybridized carbons (Fsp3) is 0.462. The maximum Gasteiger partial charge on any atom is 0.250 e. The lowest BCUT2D eigenvalue weighted by molar-refractivity contribution is -0.120. The van der Waals surface area contributed by atoms with Crippen LogP contribution in [0.4, 0.5) is 5.69 Å². The molecule has 0 bridgehead atoms. The van der Waals surface area contributed by atoms with Gasteiger partial charge in [-0.1, -0.05) is 6.92 Å². The average Bonchev–Trinajstić information content (AvgIpc) is 2.43. The summed E-state index contributed by atoms with van der Waals surface area (Å²) >= 11 is 0. The van der Waals surface area contributed by atoms with Crippen LogP contribution in [0.15, 0.2) is 29.2 Å². The minimum atomic E-state index is -3.47. The van der Waals surface area contributed by atoms with Crippen molar-refractivity contribution in [3.8, 4) is 0 Å². The molecular formula is C13H20N2O4S. The maximum absolute atomic E-state index is 11.8. The van der Waals surface area contributed by atoms with E-state index in [4.69, 9.17) is 4.74 Å². The lowest BCUT2D eigenvalue weighted by Crippen LogP contribution is -2.24. The second-order valence-electron chi connectivity index (χ2n) is 4.11. The third kappa shape index (κ3) is 5.28. The van der Waals surface area contributed by atoms with E-state index in [-0.39, 0.29) is 17.4 Å². The third-order valence-electron chi connectivity index (χ3n) is 2.43. The van der Waals surface area contributed by atoms with E-state index in [2.05, 4.69) is 10.0 Å². The fourth-order valence-corrected chi connectivity index (χ4v) is 2.56. The average molecular weight is 300 g/mol. The first-order valence-electron chi connectivity index (χ1n) is 6.47. The molecule has 1 aromatic rings. The molecule has 20 heavy (non-hydrogen) atoms. The summed E-state index contributed by atoms with van der Waals surface area (Å²) < 4.78 is 31.1. The van der Waals surface area contributed by atoms with E-state index in [1.807, 2.05) is 6.92 Å². The lowest BCUT2D eigenvalue weighted by Gasteiger charge is -2.08. The monoisotopic (exact) mass is 300 g/mol. The molecule has 2 N–H and O–H groups in total. The van der Waals surface area contributed by atoms with Gasteiger partial charge in [-0.3, -0.25) is 4.79 Å². The zero-order chi connectivity index (χ0) is 15.0. The zero-order valence-electron chi connectivity index (χ0n) is 11.7. The van der Waals surface area contributed by atoms with Crippen LogP contribution in [0.2, 0.25) is 0 Å². The number of carbonyl (C=O) groups excluding carboxylic acids is 1. The van der Waals surface area contributed by atoms with Gasteiger partial charge >= 0.3 is 0 Å². The predicted molar refractivity (Wildman–Crippen MR) is 77.0 cm³/mol. The van der Waals surface area contributed by atoms with Gasteiger partial charge in [0, 0.05) is 18.8 Å². The number of sulfonamides is 1. The topological polar surface area (TPSA) is 84.5 Å². The van der Waals surface area contributed by atoms with Crippen LogP contribution in [-0.4, -0.2) is 34.1 Å². The Balaban J connectivity index is 2.67. The van der Waals surface area contributed by atoms with Gasteiger partial charge in [0.2, 0.25) is 15.9 Å². The Hall–Kier alpha value is -1.44. The molecule has 0 aromatic heterocycles. The third-order valence-corrected chi connectivity index (χ3v) is 3.90. The molecule has 0 heterocycles. The molecule has 6 nitrogen and oxygen atoms in total. The number of nitrogens with one attached hydrogen (secondary N) is 2. The Morgan fingerprint density at radius 3 is 2.40 bits per heavy atom. The number of hydrogen-bond acceptors (Lipinski definition) is 4. The van der Waals surface area contributed by atoms with Crippen molar-refractivity contribution < 1.29 is 17.9 Å². The van der Waals surface area contributed by atoms with Gasteiger partial charge in [0.05, 0.1) is 4.90 Å². The predicted octanol–water partition coefficient (Wildman–Crippen LogP) is 1.35. The molecule has 0 saturated carbocycles. The smallest absolute Gasteiger partial charge is 0.250 e. The Bertz CT molecular complexity index is 526. The zero-order valence-corrected chi connectivity index (χ0v) is 12.5. The van der Waals surface area contributed by atoms with Gasteiger partial charge in [0.1, 0.15) is 6.61 Å². The Kier molecular flexibility index (Phi) is 6.63. The summed E-state index contributed by atoms with van der Waals surface area (Å²) in [6, 6.07) is 6.00. The SMILES string of the molecule is CCCNS(=O)(=O)c1ccc(NC(=O)COCC)cc1. The molecule has 0 radical (unpaired) electrons. The molecule has 112 valence electrons. The molecular weight excluding hydrogens is 280 g/mol. The Morgan fingerprint density at radius 1 is 1.20 bits per heavy atom. The van der Waals surface area contributed by atoms with Gasteiger partial charge in [0.25, 0.3) is 0 Å². The number of carbonyl (C=O) groups is 1. The van der Waals surface area contributed by atoms with Crippen LogP contribution in [-0.2, 0) is 19.6 Å². The summed E-state index contributed by atoms with van der Waals surface area (Å²) in [6.45, 7) is 4.53. The van der Waals surface area contributed by atoms with E-state index in [0.29, 0.717) is 18.8 Å². The van der Waals surface area contributed by atoms with Crippen molar-refractivity contribution in [2.24, 2.45) is 0 Å². The largest absolute Gasteiger partial charge is 0.372 e. The summed E-state index contributed by atoms with van der Waals surface area (Å²) in [4.78, 5) is 11.6. The number of benzene rings is 1. The van der Waals surface area contributed by atoms with Crippen molar-refractivity contribution >= 4 is 21.6 Å². The second kappa shape index (κ2) is 7.98. The molecule has 7 heteroatoms. The van der Waals surface area contributed by atoms with Gasteiger partial charge in [-0.2, -0.15) is 0 Å².